The number of hydrogen-bond acceptors (Lipinski definition) is 3. The van der Waals surface area contributed by atoms with Gasteiger partial charge in [0.15, 0.2) is 0 Å². The molecule has 5 nitrogen and oxygen atoms in total. The maximum absolute atomic E-state index is 12.6. The van der Waals surface area contributed by atoms with Crippen LogP contribution >= 0.6 is 11.6 Å². The van der Waals surface area contributed by atoms with Gasteiger partial charge < -0.3 is 10.0 Å². The summed E-state index contributed by atoms with van der Waals surface area (Å²) in [5, 5.41) is 15.0. The van der Waals surface area contributed by atoms with Crippen molar-refractivity contribution in [3.05, 3.63) is 16.4 Å². The number of rotatable bonds is 4. The van der Waals surface area contributed by atoms with E-state index in [2.05, 4.69) is 5.10 Å². The Bertz CT molecular complexity index is 507. The molecular weight excluding hydrogens is 278 g/mol. The fourth-order valence-electron chi connectivity index (χ4n) is 2.91. The van der Waals surface area contributed by atoms with Crippen LogP contribution in [0.2, 0.25) is 5.15 Å². The Hall–Kier alpha value is -1.07. The molecule has 0 saturated heterocycles. The number of halogens is 1. The molecule has 6 heteroatoms. The minimum atomic E-state index is -0.745. The predicted molar refractivity (Wildman–Crippen MR) is 78.0 cm³/mol. The zero-order valence-electron chi connectivity index (χ0n) is 12.3. The zero-order valence-corrected chi connectivity index (χ0v) is 13.1. The van der Waals surface area contributed by atoms with Crippen molar-refractivity contribution in [2.24, 2.45) is 7.05 Å². The molecule has 1 aromatic rings. The molecule has 112 valence electrons. The van der Waals surface area contributed by atoms with E-state index in [0.717, 1.165) is 25.7 Å². The maximum Gasteiger partial charge on any atom is 0.258 e. The Balaban J connectivity index is 2.18. The van der Waals surface area contributed by atoms with Gasteiger partial charge >= 0.3 is 0 Å². The molecule has 1 aliphatic carbocycles. The van der Waals surface area contributed by atoms with Crippen molar-refractivity contribution in [1.29, 1.82) is 0 Å². The SMILES string of the molecule is CCc1nn(C)c(Cl)c1C(=O)N(C)CC1(O)CCCC1. The number of aliphatic hydroxyl groups is 1. The summed E-state index contributed by atoms with van der Waals surface area (Å²) < 4.78 is 1.52. The van der Waals surface area contributed by atoms with Gasteiger partial charge in [0.2, 0.25) is 0 Å². The van der Waals surface area contributed by atoms with E-state index >= 15 is 0 Å². The first kappa shape index (κ1) is 15.3. The average Bonchev–Trinajstić information content (AvgIpc) is 2.94. The number of hydrogen-bond donors (Lipinski definition) is 1. The highest BCUT2D eigenvalue weighted by atomic mass is 35.5. The van der Waals surface area contributed by atoms with E-state index in [-0.39, 0.29) is 5.91 Å². The summed E-state index contributed by atoms with van der Waals surface area (Å²) in [6, 6.07) is 0. The van der Waals surface area contributed by atoms with Gasteiger partial charge in [0.1, 0.15) is 5.15 Å². The fourth-order valence-corrected chi connectivity index (χ4v) is 3.14. The number of aryl methyl sites for hydroxylation is 2. The number of carbonyl (C=O) groups is 1. The van der Waals surface area contributed by atoms with Gasteiger partial charge in [-0.2, -0.15) is 5.10 Å². The van der Waals surface area contributed by atoms with Crippen molar-refractivity contribution in [3.63, 3.8) is 0 Å². The minimum Gasteiger partial charge on any atom is -0.388 e. The van der Waals surface area contributed by atoms with E-state index in [1.807, 2.05) is 6.92 Å². The van der Waals surface area contributed by atoms with Crippen LogP contribution in [0.3, 0.4) is 0 Å². The van der Waals surface area contributed by atoms with Crippen molar-refractivity contribution in [3.8, 4) is 0 Å². The summed E-state index contributed by atoms with van der Waals surface area (Å²) in [7, 11) is 3.43. The summed E-state index contributed by atoms with van der Waals surface area (Å²) in [6.07, 6.45) is 4.20. The smallest absolute Gasteiger partial charge is 0.258 e. The third-order valence-corrected chi connectivity index (χ3v) is 4.44. The van der Waals surface area contributed by atoms with E-state index in [1.165, 1.54) is 4.68 Å². The van der Waals surface area contributed by atoms with Crippen molar-refractivity contribution in [2.75, 3.05) is 13.6 Å². The molecule has 0 aliphatic heterocycles. The lowest BCUT2D eigenvalue weighted by Crippen LogP contribution is -2.42. The number of aromatic nitrogens is 2. The molecule has 0 unspecified atom stereocenters. The Morgan fingerprint density at radius 3 is 2.65 bits per heavy atom. The first-order valence-corrected chi connectivity index (χ1v) is 7.45. The summed E-state index contributed by atoms with van der Waals surface area (Å²) in [5.41, 5.74) is 0.416. The van der Waals surface area contributed by atoms with E-state index in [4.69, 9.17) is 11.6 Å². The molecule has 0 aromatic carbocycles. The van der Waals surface area contributed by atoms with Crippen LogP contribution < -0.4 is 0 Å². The van der Waals surface area contributed by atoms with Gasteiger partial charge in [-0.3, -0.25) is 9.48 Å². The van der Waals surface area contributed by atoms with Crippen molar-refractivity contribution in [1.82, 2.24) is 14.7 Å². The number of nitrogens with zero attached hydrogens (tertiary/aromatic N) is 3. The molecule has 0 radical (unpaired) electrons. The molecule has 1 amide bonds. The molecule has 20 heavy (non-hydrogen) atoms. The van der Waals surface area contributed by atoms with Gasteiger partial charge in [0.05, 0.1) is 16.9 Å². The van der Waals surface area contributed by atoms with Crippen molar-refractivity contribution >= 4 is 17.5 Å². The second-order valence-corrected chi connectivity index (χ2v) is 6.04. The third-order valence-electron chi connectivity index (χ3n) is 4.01. The Labute approximate surface area is 124 Å². The summed E-state index contributed by atoms with van der Waals surface area (Å²) in [5.74, 6) is -0.166. The molecule has 1 fully saturated rings. The first-order chi connectivity index (χ1) is 9.38. The van der Waals surface area contributed by atoms with Gasteiger partial charge in [-0.15, -0.1) is 0 Å². The maximum atomic E-state index is 12.6. The molecule has 1 heterocycles. The van der Waals surface area contributed by atoms with Gasteiger partial charge in [-0.1, -0.05) is 31.4 Å². The molecule has 1 N–H and O–H groups in total. The molecular formula is C14H22ClN3O2. The van der Waals surface area contributed by atoms with Crippen LogP contribution in [0.4, 0.5) is 0 Å². The molecule has 0 spiro atoms. The van der Waals surface area contributed by atoms with Crippen LogP contribution in [-0.4, -0.2) is 44.9 Å². The monoisotopic (exact) mass is 299 g/mol. The van der Waals surface area contributed by atoms with Crippen molar-refractivity contribution in [2.45, 2.75) is 44.6 Å². The highest BCUT2D eigenvalue weighted by Crippen LogP contribution is 2.31. The van der Waals surface area contributed by atoms with Crippen LogP contribution in [0.15, 0.2) is 0 Å². The number of likely N-dealkylation sites (N-methyl/N-ethyl adjacent to an activating group) is 1. The third kappa shape index (κ3) is 2.83. The lowest BCUT2D eigenvalue weighted by atomic mass is 10.0. The standard InChI is InChI=1S/C14H22ClN3O2/c1-4-10-11(12(15)18(3)16-10)13(19)17(2)9-14(20)7-5-6-8-14/h20H,4-9H2,1-3H3. The molecule has 0 bridgehead atoms. The molecule has 2 rings (SSSR count). The Morgan fingerprint density at radius 1 is 1.50 bits per heavy atom. The van der Waals surface area contributed by atoms with Crippen LogP contribution in [0.25, 0.3) is 0 Å². The van der Waals surface area contributed by atoms with Crippen molar-refractivity contribution < 1.29 is 9.90 Å². The zero-order chi connectivity index (χ0) is 14.9. The summed E-state index contributed by atoms with van der Waals surface area (Å²) in [4.78, 5) is 14.1. The van der Waals surface area contributed by atoms with Gasteiger partial charge in [0, 0.05) is 20.6 Å². The second-order valence-electron chi connectivity index (χ2n) is 5.68. The largest absolute Gasteiger partial charge is 0.388 e. The molecule has 1 saturated carbocycles. The number of amides is 1. The second kappa shape index (κ2) is 5.74. The average molecular weight is 300 g/mol. The normalized spacial score (nSPS) is 17.4. The quantitative estimate of drug-likeness (QED) is 0.925. The van der Waals surface area contributed by atoms with Crippen LogP contribution in [0.1, 0.15) is 48.7 Å². The van der Waals surface area contributed by atoms with Crippen LogP contribution in [-0.2, 0) is 13.5 Å². The predicted octanol–water partition coefficient (Wildman–Crippen LogP) is 2.01. The van der Waals surface area contributed by atoms with E-state index in [1.54, 1.807) is 19.0 Å². The van der Waals surface area contributed by atoms with E-state index in [9.17, 15) is 9.90 Å². The fraction of sp³-hybridized carbons (Fsp3) is 0.714. The lowest BCUT2D eigenvalue weighted by Gasteiger charge is -2.28. The number of carbonyl (C=O) groups excluding carboxylic acids is 1. The Kier molecular flexibility index (Phi) is 4.39. The summed E-state index contributed by atoms with van der Waals surface area (Å²) >= 11 is 6.17. The van der Waals surface area contributed by atoms with Crippen LogP contribution in [0, 0.1) is 0 Å². The van der Waals surface area contributed by atoms with E-state index in [0.29, 0.717) is 29.4 Å². The van der Waals surface area contributed by atoms with Crippen LogP contribution in [0.5, 0.6) is 0 Å². The first-order valence-electron chi connectivity index (χ1n) is 7.07. The van der Waals surface area contributed by atoms with Gasteiger partial charge in [0.25, 0.3) is 5.91 Å². The lowest BCUT2D eigenvalue weighted by molar-refractivity contribution is 0.0156. The van der Waals surface area contributed by atoms with E-state index < -0.39 is 5.60 Å². The molecule has 0 atom stereocenters. The Morgan fingerprint density at radius 2 is 2.10 bits per heavy atom. The minimum absolute atomic E-state index is 0.166. The molecule has 1 aromatic heterocycles. The summed E-state index contributed by atoms with van der Waals surface area (Å²) in [6.45, 7) is 2.29. The van der Waals surface area contributed by atoms with Gasteiger partial charge in [-0.25, -0.2) is 0 Å². The van der Waals surface area contributed by atoms with Gasteiger partial charge in [-0.05, 0) is 19.3 Å². The molecule has 1 aliphatic rings. The highest BCUT2D eigenvalue weighted by Gasteiger charge is 2.34. The highest BCUT2D eigenvalue weighted by molar-refractivity contribution is 6.33. The topological polar surface area (TPSA) is 58.4 Å².